The van der Waals surface area contributed by atoms with Gasteiger partial charge in [-0.25, -0.2) is 0 Å². The van der Waals surface area contributed by atoms with Crippen molar-refractivity contribution in [3.05, 3.63) is 76.9 Å². The van der Waals surface area contributed by atoms with Crippen LogP contribution in [-0.4, -0.2) is 46.7 Å². The van der Waals surface area contributed by atoms with Crippen LogP contribution >= 0.6 is 0 Å². The average molecular weight is 480 g/mol. The van der Waals surface area contributed by atoms with Gasteiger partial charge in [0.25, 0.3) is 0 Å². The zero-order chi connectivity index (χ0) is 25.0. The summed E-state index contributed by atoms with van der Waals surface area (Å²) in [6.07, 6.45) is 3.96. The number of rotatable bonds is 13. The lowest BCUT2D eigenvalue weighted by molar-refractivity contribution is 0.284. The molecule has 0 saturated carbocycles. The molecule has 0 heterocycles. The first kappa shape index (κ1) is 25.9. The second-order valence-corrected chi connectivity index (χ2v) is 7.71. The summed E-state index contributed by atoms with van der Waals surface area (Å²) in [6, 6.07) is 17.8. The van der Waals surface area contributed by atoms with Crippen molar-refractivity contribution >= 4 is 12.2 Å². The molecule has 0 aliphatic rings. The normalized spacial score (nSPS) is 10.9. The highest BCUT2D eigenvalue weighted by Crippen LogP contribution is 2.38. The zero-order valence-electron chi connectivity index (χ0n) is 20.7. The Morgan fingerprint density at radius 1 is 0.686 bits per heavy atom. The third-order valence-corrected chi connectivity index (χ3v) is 5.38. The smallest absolute Gasteiger partial charge is 0.203 e. The minimum Gasteiger partial charge on any atom is -0.493 e. The molecule has 7 heteroatoms. The Morgan fingerprint density at radius 2 is 1.29 bits per heavy atom. The first-order valence-corrected chi connectivity index (χ1v) is 11.3. The molecule has 35 heavy (non-hydrogen) atoms. The van der Waals surface area contributed by atoms with Gasteiger partial charge in [-0.05, 0) is 46.5 Å². The Labute approximate surface area is 206 Å². The van der Waals surface area contributed by atoms with Gasteiger partial charge in [0.15, 0.2) is 23.0 Å². The Kier molecular flexibility index (Phi) is 9.83. The Morgan fingerprint density at radius 3 is 1.89 bits per heavy atom. The summed E-state index contributed by atoms with van der Waals surface area (Å²) in [5, 5.41) is 12.0. The summed E-state index contributed by atoms with van der Waals surface area (Å²) in [5.41, 5.74) is 4.07. The third-order valence-electron chi connectivity index (χ3n) is 5.38. The fraction of sp³-hybridized carbons (Fsp3) is 0.286. The van der Waals surface area contributed by atoms with Crippen LogP contribution in [0.2, 0.25) is 0 Å². The van der Waals surface area contributed by atoms with Crippen molar-refractivity contribution in [3.8, 4) is 28.7 Å². The van der Waals surface area contributed by atoms with Gasteiger partial charge in [-0.1, -0.05) is 42.5 Å². The van der Waals surface area contributed by atoms with Crippen molar-refractivity contribution in [2.75, 3.05) is 41.6 Å². The molecule has 0 spiro atoms. The minimum atomic E-state index is 0.129. The molecule has 0 fully saturated rings. The van der Waals surface area contributed by atoms with Gasteiger partial charge in [-0.15, -0.1) is 0 Å². The molecule has 0 saturated heterocycles. The monoisotopic (exact) mass is 479 g/mol. The fourth-order valence-electron chi connectivity index (χ4n) is 3.53. The first-order valence-electron chi connectivity index (χ1n) is 11.3. The van der Waals surface area contributed by atoms with E-state index in [4.69, 9.17) is 28.8 Å². The molecule has 3 rings (SSSR count). The minimum absolute atomic E-state index is 0.129. The predicted octanol–water partition coefficient (Wildman–Crippen LogP) is 4.55. The van der Waals surface area contributed by atoms with Crippen LogP contribution in [0.4, 0.5) is 0 Å². The standard InChI is InChI=1S/C28H33NO6/c1-31-24-12-11-20(5-10-23-16-26(32-2)28(34-4)27(17-23)33-3)15-25(24)35-19-22-8-6-21(7-9-22)18-29-13-14-30/h5-12,15-17,29-30H,13-14,18-19H2,1-4H3/b10-5-. The van der Waals surface area contributed by atoms with Gasteiger partial charge in [0.1, 0.15) is 6.61 Å². The molecule has 0 amide bonds. The summed E-state index contributed by atoms with van der Waals surface area (Å²) >= 11 is 0. The maximum Gasteiger partial charge on any atom is 0.203 e. The summed E-state index contributed by atoms with van der Waals surface area (Å²) < 4.78 is 27.8. The first-order chi connectivity index (χ1) is 17.1. The van der Waals surface area contributed by atoms with Gasteiger partial charge in [0, 0.05) is 13.1 Å². The van der Waals surface area contributed by atoms with E-state index in [1.165, 1.54) is 0 Å². The Balaban J connectivity index is 1.72. The molecule has 0 radical (unpaired) electrons. The average Bonchev–Trinajstić information content (AvgIpc) is 2.90. The number of nitrogens with one attached hydrogen (secondary N) is 1. The molecule has 2 N–H and O–H groups in total. The van der Waals surface area contributed by atoms with E-state index < -0.39 is 0 Å². The van der Waals surface area contributed by atoms with Crippen LogP contribution in [0.5, 0.6) is 28.7 Å². The fourth-order valence-corrected chi connectivity index (χ4v) is 3.53. The van der Waals surface area contributed by atoms with Crippen LogP contribution in [0, 0.1) is 0 Å². The molecule has 3 aromatic rings. The second kappa shape index (κ2) is 13.3. The lowest BCUT2D eigenvalue weighted by atomic mass is 10.1. The van der Waals surface area contributed by atoms with Crippen molar-refractivity contribution in [2.24, 2.45) is 0 Å². The molecule has 7 nitrogen and oxygen atoms in total. The number of hydrogen-bond donors (Lipinski definition) is 2. The quantitative estimate of drug-likeness (QED) is 0.275. The van der Waals surface area contributed by atoms with Gasteiger partial charge < -0.3 is 34.1 Å². The highest BCUT2D eigenvalue weighted by atomic mass is 16.5. The highest BCUT2D eigenvalue weighted by Gasteiger charge is 2.12. The van der Waals surface area contributed by atoms with Crippen molar-refractivity contribution in [1.29, 1.82) is 0 Å². The summed E-state index contributed by atoms with van der Waals surface area (Å²) in [4.78, 5) is 0. The van der Waals surface area contributed by atoms with E-state index in [2.05, 4.69) is 17.4 Å². The molecular formula is C28H33NO6. The molecule has 0 atom stereocenters. The molecule has 0 aliphatic heterocycles. The van der Waals surface area contributed by atoms with E-state index in [1.54, 1.807) is 28.4 Å². The SMILES string of the molecule is COc1ccc(/C=C\c2cc(OC)c(OC)c(OC)c2)cc1OCc1ccc(CNCCO)cc1. The van der Waals surface area contributed by atoms with Crippen LogP contribution in [0.25, 0.3) is 12.2 Å². The van der Waals surface area contributed by atoms with Crippen LogP contribution in [-0.2, 0) is 13.2 Å². The van der Waals surface area contributed by atoms with E-state index in [9.17, 15) is 0 Å². The maximum absolute atomic E-state index is 8.87. The number of hydrogen-bond acceptors (Lipinski definition) is 7. The lowest BCUT2D eigenvalue weighted by Gasteiger charge is -2.13. The third kappa shape index (κ3) is 7.15. The maximum atomic E-state index is 8.87. The number of ether oxygens (including phenoxy) is 5. The summed E-state index contributed by atoms with van der Waals surface area (Å²) in [6.45, 7) is 1.84. The van der Waals surface area contributed by atoms with Gasteiger partial charge in [-0.3, -0.25) is 0 Å². The number of aliphatic hydroxyl groups excluding tert-OH is 1. The number of benzene rings is 3. The Hall–Kier alpha value is -3.68. The van der Waals surface area contributed by atoms with E-state index >= 15 is 0 Å². The van der Waals surface area contributed by atoms with Gasteiger partial charge >= 0.3 is 0 Å². The molecule has 186 valence electrons. The molecular weight excluding hydrogens is 446 g/mol. The molecule has 3 aromatic carbocycles. The van der Waals surface area contributed by atoms with Crippen LogP contribution in [0.1, 0.15) is 22.3 Å². The summed E-state index contributed by atoms with van der Waals surface area (Å²) in [5.74, 6) is 3.08. The topological polar surface area (TPSA) is 78.4 Å². The van der Waals surface area contributed by atoms with Gasteiger partial charge in [0.2, 0.25) is 5.75 Å². The van der Waals surface area contributed by atoms with E-state index in [1.807, 2.05) is 54.6 Å². The van der Waals surface area contributed by atoms with E-state index in [0.717, 1.165) is 28.8 Å². The van der Waals surface area contributed by atoms with Crippen molar-refractivity contribution in [2.45, 2.75) is 13.2 Å². The Bertz CT molecular complexity index is 1090. The van der Waals surface area contributed by atoms with Crippen LogP contribution in [0.15, 0.2) is 54.6 Å². The van der Waals surface area contributed by atoms with Crippen molar-refractivity contribution < 1.29 is 28.8 Å². The van der Waals surface area contributed by atoms with Crippen molar-refractivity contribution in [3.63, 3.8) is 0 Å². The van der Waals surface area contributed by atoms with Crippen LogP contribution in [0.3, 0.4) is 0 Å². The molecule has 0 unspecified atom stereocenters. The predicted molar refractivity (Wildman–Crippen MR) is 138 cm³/mol. The van der Waals surface area contributed by atoms with E-state index in [-0.39, 0.29) is 6.61 Å². The summed E-state index contributed by atoms with van der Waals surface area (Å²) in [7, 11) is 6.40. The van der Waals surface area contributed by atoms with E-state index in [0.29, 0.717) is 41.9 Å². The molecule has 0 bridgehead atoms. The van der Waals surface area contributed by atoms with Crippen LogP contribution < -0.4 is 29.0 Å². The van der Waals surface area contributed by atoms with Gasteiger partial charge in [0.05, 0.1) is 35.0 Å². The second-order valence-electron chi connectivity index (χ2n) is 7.71. The van der Waals surface area contributed by atoms with Gasteiger partial charge in [-0.2, -0.15) is 0 Å². The highest BCUT2D eigenvalue weighted by molar-refractivity contribution is 5.73. The number of methoxy groups -OCH3 is 4. The lowest BCUT2D eigenvalue weighted by Crippen LogP contribution is -2.17. The zero-order valence-corrected chi connectivity index (χ0v) is 20.7. The largest absolute Gasteiger partial charge is 0.493 e. The molecule has 0 aromatic heterocycles. The number of aliphatic hydroxyl groups is 1. The molecule has 0 aliphatic carbocycles. The van der Waals surface area contributed by atoms with Crippen molar-refractivity contribution in [1.82, 2.24) is 5.32 Å².